The zero-order valence-electron chi connectivity index (χ0n) is 13.8. The predicted molar refractivity (Wildman–Crippen MR) is 95.1 cm³/mol. The lowest BCUT2D eigenvalue weighted by atomic mass is 10.2. The molecular formula is C19H22O4S. The van der Waals surface area contributed by atoms with Crippen molar-refractivity contribution in [3.63, 3.8) is 0 Å². The van der Waals surface area contributed by atoms with Crippen molar-refractivity contribution in [2.75, 3.05) is 25.6 Å². The average Bonchev–Trinajstić information content (AvgIpc) is 2.55. The average molecular weight is 346 g/mol. The van der Waals surface area contributed by atoms with Gasteiger partial charge in [-0.05, 0) is 36.8 Å². The van der Waals surface area contributed by atoms with Gasteiger partial charge in [0.15, 0.2) is 9.84 Å². The molecule has 0 fully saturated rings. The molecular weight excluding hydrogens is 324 g/mol. The number of ether oxygens (including phenoxy) is 2. The third-order valence-electron chi connectivity index (χ3n) is 3.32. The second kappa shape index (κ2) is 8.66. The molecule has 5 heteroatoms. The number of aryl methyl sites for hydroxylation is 1. The van der Waals surface area contributed by atoms with Gasteiger partial charge in [-0.15, -0.1) is 0 Å². The third-order valence-corrected chi connectivity index (χ3v) is 5.10. The summed E-state index contributed by atoms with van der Waals surface area (Å²) in [6.07, 6.45) is 0. The molecule has 0 aromatic heterocycles. The van der Waals surface area contributed by atoms with Crippen molar-refractivity contribution < 1.29 is 17.9 Å². The van der Waals surface area contributed by atoms with E-state index in [-0.39, 0.29) is 12.4 Å². The SMILES string of the molecule is C=C(COCCOc1ccccc1)CS(=O)(=O)c1ccc(C)cc1. The van der Waals surface area contributed by atoms with Crippen molar-refractivity contribution in [2.45, 2.75) is 11.8 Å². The Morgan fingerprint density at radius 2 is 1.67 bits per heavy atom. The van der Waals surface area contributed by atoms with Gasteiger partial charge >= 0.3 is 0 Å². The molecule has 2 rings (SSSR count). The van der Waals surface area contributed by atoms with Crippen LogP contribution in [0.15, 0.2) is 71.6 Å². The van der Waals surface area contributed by atoms with Crippen LogP contribution in [0.3, 0.4) is 0 Å². The van der Waals surface area contributed by atoms with Gasteiger partial charge in [0.25, 0.3) is 0 Å². The number of hydrogen-bond acceptors (Lipinski definition) is 4. The topological polar surface area (TPSA) is 52.6 Å². The summed E-state index contributed by atoms with van der Waals surface area (Å²) in [5.74, 6) is 0.664. The molecule has 128 valence electrons. The Kier molecular flexibility index (Phi) is 6.58. The van der Waals surface area contributed by atoms with Crippen LogP contribution in [-0.4, -0.2) is 34.0 Å². The Balaban J connectivity index is 1.72. The molecule has 24 heavy (non-hydrogen) atoms. The lowest BCUT2D eigenvalue weighted by Crippen LogP contribution is -2.14. The summed E-state index contributed by atoms with van der Waals surface area (Å²) in [6.45, 7) is 6.69. The summed E-state index contributed by atoms with van der Waals surface area (Å²) >= 11 is 0. The van der Waals surface area contributed by atoms with E-state index in [1.807, 2.05) is 37.3 Å². The fourth-order valence-corrected chi connectivity index (χ4v) is 3.43. The maximum atomic E-state index is 12.3. The minimum Gasteiger partial charge on any atom is -0.491 e. The number of sulfone groups is 1. The van der Waals surface area contributed by atoms with E-state index in [4.69, 9.17) is 9.47 Å². The Morgan fingerprint density at radius 1 is 1.00 bits per heavy atom. The second-order valence-corrected chi connectivity index (χ2v) is 7.53. The first-order valence-corrected chi connectivity index (χ1v) is 9.34. The van der Waals surface area contributed by atoms with Crippen molar-refractivity contribution in [1.29, 1.82) is 0 Å². The molecule has 0 radical (unpaired) electrons. The van der Waals surface area contributed by atoms with Gasteiger partial charge in [-0.25, -0.2) is 8.42 Å². The zero-order chi connectivity index (χ0) is 17.4. The van der Waals surface area contributed by atoms with Crippen molar-refractivity contribution in [3.05, 3.63) is 72.3 Å². The quantitative estimate of drug-likeness (QED) is 0.516. The Morgan fingerprint density at radius 3 is 2.33 bits per heavy atom. The summed E-state index contributed by atoms with van der Waals surface area (Å²) in [4.78, 5) is 0.307. The van der Waals surface area contributed by atoms with Crippen LogP contribution in [0.1, 0.15) is 5.56 Å². The standard InChI is InChI=1S/C19H22O4S/c1-16-8-10-19(11-9-16)24(20,21)15-17(2)14-22-12-13-23-18-6-4-3-5-7-18/h3-11H,2,12-15H2,1H3. The molecule has 0 spiro atoms. The monoisotopic (exact) mass is 346 g/mol. The molecule has 0 atom stereocenters. The molecule has 0 amide bonds. The van der Waals surface area contributed by atoms with Gasteiger partial charge in [0.2, 0.25) is 0 Å². The number of benzene rings is 2. The van der Waals surface area contributed by atoms with Gasteiger partial charge < -0.3 is 9.47 Å². The highest BCUT2D eigenvalue weighted by Gasteiger charge is 2.15. The minimum atomic E-state index is -3.37. The highest BCUT2D eigenvalue weighted by Crippen LogP contribution is 2.14. The summed E-state index contributed by atoms with van der Waals surface area (Å²) in [5.41, 5.74) is 1.55. The molecule has 0 bridgehead atoms. The van der Waals surface area contributed by atoms with Crippen LogP contribution in [-0.2, 0) is 14.6 Å². The van der Waals surface area contributed by atoms with E-state index in [9.17, 15) is 8.42 Å². The van der Waals surface area contributed by atoms with Crippen LogP contribution in [0.2, 0.25) is 0 Å². The number of para-hydroxylation sites is 1. The van der Waals surface area contributed by atoms with Gasteiger partial charge in [-0.2, -0.15) is 0 Å². The smallest absolute Gasteiger partial charge is 0.182 e. The molecule has 2 aromatic carbocycles. The first-order chi connectivity index (χ1) is 11.5. The lowest BCUT2D eigenvalue weighted by molar-refractivity contribution is 0.117. The van der Waals surface area contributed by atoms with Crippen LogP contribution >= 0.6 is 0 Å². The highest BCUT2D eigenvalue weighted by atomic mass is 32.2. The summed E-state index contributed by atoms with van der Waals surface area (Å²) in [7, 11) is -3.37. The number of rotatable bonds is 9. The van der Waals surface area contributed by atoms with Gasteiger partial charge in [-0.3, -0.25) is 0 Å². The van der Waals surface area contributed by atoms with Crippen LogP contribution in [0.5, 0.6) is 5.75 Å². The highest BCUT2D eigenvalue weighted by molar-refractivity contribution is 7.91. The molecule has 2 aromatic rings. The Labute approximate surface area is 143 Å². The van der Waals surface area contributed by atoms with Crippen molar-refractivity contribution >= 4 is 9.84 Å². The van der Waals surface area contributed by atoms with Crippen LogP contribution in [0.25, 0.3) is 0 Å². The van der Waals surface area contributed by atoms with Crippen LogP contribution < -0.4 is 4.74 Å². The molecule has 4 nitrogen and oxygen atoms in total. The summed E-state index contributed by atoms with van der Waals surface area (Å²) in [6, 6.07) is 16.3. The van der Waals surface area contributed by atoms with E-state index >= 15 is 0 Å². The van der Waals surface area contributed by atoms with E-state index in [1.165, 1.54) is 0 Å². The Bertz CT molecular complexity index is 750. The van der Waals surface area contributed by atoms with E-state index in [0.29, 0.717) is 23.7 Å². The fraction of sp³-hybridized carbons (Fsp3) is 0.263. The first-order valence-electron chi connectivity index (χ1n) is 7.69. The number of hydrogen-bond donors (Lipinski definition) is 0. The molecule has 0 aliphatic carbocycles. The third kappa shape index (κ3) is 5.83. The molecule has 0 saturated heterocycles. The normalized spacial score (nSPS) is 11.2. The lowest BCUT2D eigenvalue weighted by Gasteiger charge is -2.10. The van der Waals surface area contributed by atoms with Crippen LogP contribution in [0, 0.1) is 6.92 Å². The summed E-state index contributed by atoms with van der Waals surface area (Å²) < 4.78 is 35.5. The predicted octanol–water partition coefficient (Wildman–Crippen LogP) is 3.42. The zero-order valence-corrected chi connectivity index (χ0v) is 14.6. The fourth-order valence-electron chi connectivity index (χ4n) is 2.09. The largest absolute Gasteiger partial charge is 0.491 e. The molecule has 0 heterocycles. The van der Waals surface area contributed by atoms with Gasteiger partial charge in [0.05, 0.1) is 23.9 Å². The molecule has 0 N–H and O–H groups in total. The van der Waals surface area contributed by atoms with Crippen molar-refractivity contribution in [3.8, 4) is 5.75 Å². The van der Waals surface area contributed by atoms with E-state index in [1.54, 1.807) is 24.3 Å². The van der Waals surface area contributed by atoms with Crippen LogP contribution in [0.4, 0.5) is 0 Å². The van der Waals surface area contributed by atoms with E-state index < -0.39 is 9.84 Å². The van der Waals surface area contributed by atoms with Gasteiger partial charge in [-0.1, -0.05) is 42.5 Å². The molecule has 0 saturated carbocycles. The molecule has 0 unspecified atom stereocenters. The Hall–Kier alpha value is -2.11. The van der Waals surface area contributed by atoms with E-state index in [0.717, 1.165) is 11.3 Å². The maximum Gasteiger partial charge on any atom is 0.182 e. The maximum absolute atomic E-state index is 12.3. The van der Waals surface area contributed by atoms with E-state index in [2.05, 4.69) is 6.58 Å². The van der Waals surface area contributed by atoms with Crippen molar-refractivity contribution in [1.82, 2.24) is 0 Å². The van der Waals surface area contributed by atoms with Gasteiger partial charge in [0, 0.05) is 0 Å². The molecule has 0 aliphatic rings. The van der Waals surface area contributed by atoms with Gasteiger partial charge in [0.1, 0.15) is 12.4 Å². The minimum absolute atomic E-state index is 0.115. The van der Waals surface area contributed by atoms with Crippen molar-refractivity contribution in [2.24, 2.45) is 0 Å². The first kappa shape index (κ1) is 18.2. The summed E-state index contributed by atoms with van der Waals surface area (Å²) in [5, 5.41) is 0. The second-order valence-electron chi connectivity index (χ2n) is 5.54. The molecule has 0 aliphatic heterocycles.